The number of hydrogen-bond acceptors (Lipinski definition) is 4. The van der Waals surface area contributed by atoms with Crippen LogP contribution < -0.4 is 5.32 Å². The van der Waals surface area contributed by atoms with Crippen LogP contribution in [0.15, 0.2) is 0 Å². The van der Waals surface area contributed by atoms with Crippen LogP contribution in [0.3, 0.4) is 0 Å². The molecule has 4 heteroatoms. The summed E-state index contributed by atoms with van der Waals surface area (Å²) in [4.78, 5) is 17.4. The molecule has 0 aliphatic heterocycles. The molecule has 94 valence electrons. The van der Waals surface area contributed by atoms with E-state index in [1.807, 2.05) is 6.92 Å². The highest BCUT2D eigenvalue weighted by atomic mass is 32.1. The topological polar surface area (TPSA) is 42.0 Å². The molecule has 0 atom stereocenters. The molecule has 1 aliphatic rings. The van der Waals surface area contributed by atoms with Gasteiger partial charge in [0.15, 0.2) is 5.78 Å². The molecule has 3 nitrogen and oxygen atoms in total. The summed E-state index contributed by atoms with van der Waals surface area (Å²) in [6.07, 6.45) is 5.54. The molecular formula is C13H20N2OS. The van der Waals surface area contributed by atoms with Gasteiger partial charge in [0.05, 0.1) is 18.7 Å². The molecule has 1 fully saturated rings. The van der Waals surface area contributed by atoms with Crippen LogP contribution in [0.4, 0.5) is 0 Å². The predicted octanol–water partition coefficient (Wildman–Crippen LogP) is 2.40. The van der Waals surface area contributed by atoms with E-state index < -0.39 is 0 Å². The first-order chi connectivity index (χ1) is 8.15. The molecule has 0 saturated heterocycles. The molecule has 0 unspecified atom stereocenters. The summed E-state index contributed by atoms with van der Waals surface area (Å²) in [5.41, 5.74) is 1.06. The Bertz CT molecular complexity index is 375. The first-order valence-corrected chi connectivity index (χ1v) is 7.15. The molecule has 0 bridgehead atoms. The average Bonchev–Trinajstić information content (AvgIpc) is 2.87. The quantitative estimate of drug-likeness (QED) is 0.875. The smallest absolute Gasteiger partial charge is 0.153 e. The molecule has 0 amide bonds. The molecule has 2 rings (SSSR count). The molecule has 1 aromatic rings. The zero-order valence-electron chi connectivity index (χ0n) is 10.6. The van der Waals surface area contributed by atoms with Crippen molar-refractivity contribution in [3.8, 4) is 0 Å². The lowest BCUT2D eigenvalue weighted by Crippen LogP contribution is -2.32. The zero-order chi connectivity index (χ0) is 12.3. The third-order valence-electron chi connectivity index (χ3n) is 3.36. The van der Waals surface area contributed by atoms with Gasteiger partial charge in [0, 0.05) is 10.9 Å². The first kappa shape index (κ1) is 12.7. The Balaban J connectivity index is 1.76. The van der Waals surface area contributed by atoms with E-state index in [1.165, 1.54) is 30.6 Å². The molecule has 1 N–H and O–H groups in total. The molecule has 0 aromatic carbocycles. The number of nitrogens with one attached hydrogen (secondary N) is 1. The third kappa shape index (κ3) is 3.61. The van der Waals surface area contributed by atoms with Gasteiger partial charge in [-0.05, 0) is 26.7 Å². The number of aryl methyl sites for hydroxylation is 2. The summed E-state index contributed by atoms with van der Waals surface area (Å²) >= 11 is 1.64. The Morgan fingerprint density at radius 2 is 2.12 bits per heavy atom. The van der Waals surface area contributed by atoms with Crippen LogP contribution in [0.5, 0.6) is 0 Å². The fraction of sp³-hybridized carbons (Fsp3) is 0.692. The van der Waals surface area contributed by atoms with E-state index in [0.717, 1.165) is 10.7 Å². The molecule has 0 radical (unpaired) electrons. The summed E-state index contributed by atoms with van der Waals surface area (Å²) < 4.78 is 0. The number of aromatic nitrogens is 1. The summed E-state index contributed by atoms with van der Waals surface area (Å²) in [7, 11) is 0. The number of carbonyl (C=O) groups excluding carboxylic acids is 1. The van der Waals surface area contributed by atoms with Crippen molar-refractivity contribution in [2.45, 2.75) is 52.0 Å². The van der Waals surface area contributed by atoms with Gasteiger partial charge in [-0.3, -0.25) is 4.79 Å². The standard InChI is InChI=1S/C13H20N2OS/c1-9-10(2)17-13(15-9)7-12(16)8-14-11-5-3-4-6-11/h11,14H,3-8H2,1-2H3. The van der Waals surface area contributed by atoms with Crippen molar-refractivity contribution < 1.29 is 4.79 Å². The second kappa shape index (κ2) is 5.74. The Morgan fingerprint density at radius 1 is 1.41 bits per heavy atom. The van der Waals surface area contributed by atoms with E-state index in [2.05, 4.69) is 17.2 Å². The second-order valence-electron chi connectivity index (χ2n) is 4.83. The second-order valence-corrected chi connectivity index (χ2v) is 6.11. The minimum atomic E-state index is 0.255. The maximum atomic E-state index is 11.8. The number of thiazole rings is 1. The van der Waals surface area contributed by atoms with E-state index in [-0.39, 0.29) is 5.78 Å². The van der Waals surface area contributed by atoms with Crippen molar-refractivity contribution in [3.63, 3.8) is 0 Å². The molecule has 1 heterocycles. The highest BCUT2D eigenvalue weighted by molar-refractivity contribution is 7.11. The Hall–Kier alpha value is -0.740. The van der Waals surface area contributed by atoms with Crippen molar-refractivity contribution in [1.82, 2.24) is 10.3 Å². The summed E-state index contributed by atoms with van der Waals surface area (Å²) in [5, 5.41) is 4.31. The normalized spacial score (nSPS) is 16.6. The van der Waals surface area contributed by atoms with E-state index >= 15 is 0 Å². The average molecular weight is 252 g/mol. The lowest BCUT2D eigenvalue weighted by Gasteiger charge is -2.09. The predicted molar refractivity (Wildman–Crippen MR) is 70.6 cm³/mol. The van der Waals surface area contributed by atoms with Crippen LogP contribution in [-0.4, -0.2) is 23.4 Å². The highest BCUT2D eigenvalue weighted by Gasteiger charge is 2.16. The van der Waals surface area contributed by atoms with Crippen LogP contribution in [0.1, 0.15) is 41.3 Å². The van der Waals surface area contributed by atoms with Crippen LogP contribution in [0.25, 0.3) is 0 Å². The van der Waals surface area contributed by atoms with Crippen LogP contribution in [0, 0.1) is 13.8 Å². The van der Waals surface area contributed by atoms with Crippen molar-refractivity contribution in [1.29, 1.82) is 0 Å². The molecule has 1 aromatic heterocycles. The SMILES string of the molecule is Cc1nc(CC(=O)CNC2CCCC2)sc1C. The number of carbonyl (C=O) groups is 1. The molecule has 17 heavy (non-hydrogen) atoms. The fourth-order valence-electron chi connectivity index (χ4n) is 2.23. The lowest BCUT2D eigenvalue weighted by atomic mass is 10.2. The van der Waals surface area contributed by atoms with Gasteiger partial charge in [0.1, 0.15) is 5.01 Å². The minimum absolute atomic E-state index is 0.255. The first-order valence-electron chi connectivity index (χ1n) is 6.33. The summed E-state index contributed by atoms with van der Waals surface area (Å²) in [6, 6.07) is 0.568. The Morgan fingerprint density at radius 3 is 2.71 bits per heavy atom. The van der Waals surface area contributed by atoms with Crippen molar-refractivity contribution in [2.75, 3.05) is 6.54 Å². The highest BCUT2D eigenvalue weighted by Crippen LogP contribution is 2.18. The zero-order valence-corrected chi connectivity index (χ0v) is 11.4. The number of Topliss-reactive ketones (excluding diaryl/α,β-unsaturated/α-hetero) is 1. The number of ketones is 1. The lowest BCUT2D eigenvalue weighted by molar-refractivity contribution is -0.117. The van der Waals surface area contributed by atoms with Gasteiger partial charge < -0.3 is 5.32 Å². The molecule has 1 aliphatic carbocycles. The van der Waals surface area contributed by atoms with Crippen LogP contribution in [0.2, 0.25) is 0 Å². The third-order valence-corrected chi connectivity index (χ3v) is 4.44. The van der Waals surface area contributed by atoms with E-state index in [0.29, 0.717) is 19.0 Å². The Labute approximate surface area is 107 Å². The number of hydrogen-bond donors (Lipinski definition) is 1. The molecule has 1 saturated carbocycles. The molecule has 0 spiro atoms. The molecular weight excluding hydrogens is 232 g/mol. The van der Waals surface area contributed by atoms with Gasteiger partial charge >= 0.3 is 0 Å². The maximum absolute atomic E-state index is 11.8. The summed E-state index contributed by atoms with van der Waals surface area (Å²) in [5.74, 6) is 0.255. The van der Waals surface area contributed by atoms with E-state index in [1.54, 1.807) is 11.3 Å². The van der Waals surface area contributed by atoms with Gasteiger partial charge in [-0.15, -0.1) is 11.3 Å². The number of nitrogens with zero attached hydrogens (tertiary/aromatic N) is 1. The Kier molecular flexibility index (Phi) is 4.29. The number of rotatable bonds is 5. The maximum Gasteiger partial charge on any atom is 0.153 e. The summed E-state index contributed by atoms with van der Waals surface area (Å²) in [6.45, 7) is 4.55. The van der Waals surface area contributed by atoms with Gasteiger partial charge in [0.25, 0.3) is 0 Å². The van der Waals surface area contributed by atoms with Crippen LogP contribution >= 0.6 is 11.3 Å². The van der Waals surface area contributed by atoms with Gasteiger partial charge in [0.2, 0.25) is 0 Å². The van der Waals surface area contributed by atoms with Crippen molar-refractivity contribution in [3.05, 3.63) is 15.6 Å². The van der Waals surface area contributed by atoms with Crippen molar-refractivity contribution >= 4 is 17.1 Å². The van der Waals surface area contributed by atoms with Crippen molar-refractivity contribution in [2.24, 2.45) is 0 Å². The fourth-order valence-corrected chi connectivity index (χ4v) is 3.20. The van der Waals surface area contributed by atoms with E-state index in [4.69, 9.17) is 0 Å². The van der Waals surface area contributed by atoms with Gasteiger partial charge in [-0.2, -0.15) is 0 Å². The van der Waals surface area contributed by atoms with Crippen LogP contribution in [-0.2, 0) is 11.2 Å². The van der Waals surface area contributed by atoms with Gasteiger partial charge in [-0.25, -0.2) is 4.98 Å². The van der Waals surface area contributed by atoms with Gasteiger partial charge in [-0.1, -0.05) is 12.8 Å². The largest absolute Gasteiger partial charge is 0.307 e. The minimum Gasteiger partial charge on any atom is -0.307 e. The monoisotopic (exact) mass is 252 g/mol. The van der Waals surface area contributed by atoms with E-state index in [9.17, 15) is 4.79 Å².